The Morgan fingerprint density at radius 1 is 1.26 bits per heavy atom. The van der Waals surface area contributed by atoms with Crippen LogP contribution in [-0.2, 0) is 16.0 Å². The molecule has 27 heavy (non-hydrogen) atoms. The van der Waals surface area contributed by atoms with Crippen LogP contribution >= 0.6 is 0 Å². The number of ketones is 1. The second kappa shape index (κ2) is 7.91. The van der Waals surface area contributed by atoms with E-state index in [2.05, 4.69) is 16.4 Å². The molecule has 142 valence electrons. The zero-order valence-electron chi connectivity index (χ0n) is 16.2. The van der Waals surface area contributed by atoms with Gasteiger partial charge in [-0.15, -0.1) is 0 Å². The Kier molecular flexibility index (Phi) is 5.59. The van der Waals surface area contributed by atoms with Crippen LogP contribution in [0.5, 0.6) is 0 Å². The summed E-state index contributed by atoms with van der Waals surface area (Å²) >= 11 is 0. The first-order chi connectivity index (χ1) is 13.0. The van der Waals surface area contributed by atoms with Gasteiger partial charge in [-0.25, -0.2) is 0 Å². The number of nitrogens with zero attached hydrogens (tertiary/aromatic N) is 1. The number of aryl methyl sites for hydroxylation is 1. The van der Waals surface area contributed by atoms with E-state index in [9.17, 15) is 9.59 Å². The molecule has 0 bridgehead atoms. The molecular formula is C22H26N2O3. The van der Waals surface area contributed by atoms with Crippen LogP contribution in [-0.4, -0.2) is 30.4 Å². The number of hydrogen-bond acceptors (Lipinski definition) is 5. The third-order valence-corrected chi connectivity index (χ3v) is 5.52. The van der Waals surface area contributed by atoms with Crippen LogP contribution < -0.4 is 5.32 Å². The molecule has 1 heterocycles. The molecule has 1 aliphatic carbocycles. The summed E-state index contributed by atoms with van der Waals surface area (Å²) in [4.78, 5) is 29.7. The first-order valence-corrected chi connectivity index (χ1v) is 9.50. The largest absolute Gasteiger partial charge is 0.466 e. The van der Waals surface area contributed by atoms with E-state index in [1.165, 1.54) is 0 Å². The molecule has 2 aromatic rings. The Morgan fingerprint density at radius 2 is 2.07 bits per heavy atom. The molecule has 0 amide bonds. The second-order valence-electron chi connectivity index (χ2n) is 7.00. The normalized spacial score (nSPS) is 18.7. The summed E-state index contributed by atoms with van der Waals surface area (Å²) in [5, 5.41) is 3.06. The van der Waals surface area contributed by atoms with Gasteiger partial charge < -0.3 is 10.1 Å². The number of hydrogen-bond donors (Lipinski definition) is 1. The zero-order valence-corrected chi connectivity index (χ0v) is 16.2. The maximum Gasteiger partial charge on any atom is 0.306 e. The SMILES string of the molecule is CCOC(=O)CC1(CC)CCc2cc(-c3ccc(NC)cn3)ccc2C1=O. The highest BCUT2D eigenvalue weighted by Gasteiger charge is 2.43. The maximum absolute atomic E-state index is 13.2. The van der Waals surface area contributed by atoms with Crippen LogP contribution in [0.1, 0.15) is 49.0 Å². The molecule has 1 aromatic heterocycles. The molecule has 1 aromatic carbocycles. The van der Waals surface area contributed by atoms with Crippen LogP contribution in [0.25, 0.3) is 11.3 Å². The lowest BCUT2D eigenvalue weighted by Crippen LogP contribution is -2.38. The minimum Gasteiger partial charge on any atom is -0.466 e. The number of carbonyl (C=O) groups excluding carboxylic acids is 2. The topological polar surface area (TPSA) is 68.3 Å². The lowest BCUT2D eigenvalue weighted by molar-refractivity contribution is -0.145. The van der Waals surface area contributed by atoms with Gasteiger partial charge in [0.2, 0.25) is 0 Å². The summed E-state index contributed by atoms with van der Waals surface area (Å²) in [6.45, 7) is 4.10. The highest BCUT2D eigenvalue weighted by atomic mass is 16.5. The fraction of sp³-hybridized carbons (Fsp3) is 0.409. The number of anilines is 1. The molecule has 0 fully saturated rings. The molecule has 0 aliphatic heterocycles. The van der Waals surface area contributed by atoms with Gasteiger partial charge in [0.05, 0.1) is 30.6 Å². The third kappa shape index (κ3) is 3.72. The van der Waals surface area contributed by atoms with Gasteiger partial charge in [-0.05, 0) is 49.9 Å². The number of Topliss-reactive ketones (excluding diaryl/α,β-unsaturated/α-hetero) is 1. The summed E-state index contributed by atoms with van der Waals surface area (Å²) in [5.41, 5.74) is 3.95. The predicted octanol–water partition coefficient (Wildman–Crippen LogP) is 4.27. The molecule has 5 nitrogen and oxygen atoms in total. The third-order valence-electron chi connectivity index (χ3n) is 5.52. The molecule has 0 saturated heterocycles. The number of rotatable bonds is 6. The van der Waals surface area contributed by atoms with E-state index in [1.807, 2.05) is 38.2 Å². The summed E-state index contributed by atoms with van der Waals surface area (Å²) in [5.74, 6) is -0.231. The number of carbonyl (C=O) groups is 2. The second-order valence-corrected chi connectivity index (χ2v) is 7.00. The Labute approximate surface area is 160 Å². The van der Waals surface area contributed by atoms with Crippen LogP contribution in [0.15, 0.2) is 36.5 Å². The standard InChI is InChI=1S/C22H26N2O3/c1-4-22(13-20(25)27-5-2)11-10-15-12-16(6-8-18(15)21(22)26)19-9-7-17(23-3)14-24-19/h6-9,12,14,23H,4-5,10-11,13H2,1-3H3. The number of aromatic nitrogens is 1. The molecule has 3 rings (SSSR count). The van der Waals surface area contributed by atoms with Gasteiger partial charge in [-0.1, -0.05) is 19.1 Å². The molecule has 0 spiro atoms. The van der Waals surface area contributed by atoms with E-state index in [0.717, 1.165) is 34.5 Å². The van der Waals surface area contributed by atoms with Crippen molar-refractivity contribution in [1.29, 1.82) is 0 Å². The fourth-order valence-corrected chi connectivity index (χ4v) is 3.79. The van der Waals surface area contributed by atoms with Crippen LogP contribution in [0.2, 0.25) is 0 Å². The summed E-state index contributed by atoms with van der Waals surface area (Å²) < 4.78 is 5.10. The van der Waals surface area contributed by atoms with Crippen molar-refractivity contribution in [3.8, 4) is 11.3 Å². The predicted molar refractivity (Wildman–Crippen MR) is 106 cm³/mol. The van der Waals surface area contributed by atoms with Crippen LogP contribution in [0, 0.1) is 5.41 Å². The quantitative estimate of drug-likeness (QED) is 0.773. The Balaban J connectivity index is 1.89. The zero-order chi connectivity index (χ0) is 19.4. The number of pyridine rings is 1. The highest BCUT2D eigenvalue weighted by molar-refractivity contribution is 6.04. The van der Waals surface area contributed by atoms with Crippen molar-refractivity contribution < 1.29 is 14.3 Å². The number of fused-ring (bicyclic) bond motifs is 1. The van der Waals surface area contributed by atoms with Crippen molar-refractivity contribution >= 4 is 17.4 Å². The minimum atomic E-state index is -0.645. The lowest BCUT2D eigenvalue weighted by atomic mass is 9.67. The molecule has 1 unspecified atom stereocenters. The number of nitrogens with one attached hydrogen (secondary N) is 1. The number of esters is 1. The molecule has 1 N–H and O–H groups in total. The lowest BCUT2D eigenvalue weighted by Gasteiger charge is -2.35. The van der Waals surface area contributed by atoms with Gasteiger partial charge in [0.1, 0.15) is 0 Å². The monoisotopic (exact) mass is 366 g/mol. The van der Waals surface area contributed by atoms with Crippen molar-refractivity contribution in [3.63, 3.8) is 0 Å². The number of ether oxygens (including phenoxy) is 1. The van der Waals surface area contributed by atoms with Gasteiger partial charge >= 0.3 is 5.97 Å². The summed E-state index contributed by atoms with van der Waals surface area (Å²) in [7, 11) is 1.86. The average molecular weight is 366 g/mol. The fourth-order valence-electron chi connectivity index (χ4n) is 3.79. The molecule has 0 saturated carbocycles. The maximum atomic E-state index is 13.2. The molecule has 1 aliphatic rings. The van der Waals surface area contributed by atoms with Gasteiger partial charge in [-0.3, -0.25) is 14.6 Å². The van der Waals surface area contributed by atoms with E-state index in [4.69, 9.17) is 4.74 Å². The van der Waals surface area contributed by atoms with Crippen molar-refractivity contribution in [2.45, 2.75) is 39.5 Å². The minimum absolute atomic E-state index is 0.0596. The van der Waals surface area contributed by atoms with Gasteiger partial charge in [0.25, 0.3) is 0 Å². The van der Waals surface area contributed by atoms with E-state index >= 15 is 0 Å². The van der Waals surface area contributed by atoms with Crippen molar-refractivity contribution in [1.82, 2.24) is 4.98 Å². The molecular weight excluding hydrogens is 340 g/mol. The number of benzene rings is 1. The van der Waals surface area contributed by atoms with Crippen molar-refractivity contribution in [3.05, 3.63) is 47.7 Å². The molecule has 5 heteroatoms. The van der Waals surface area contributed by atoms with E-state index in [-0.39, 0.29) is 18.2 Å². The van der Waals surface area contributed by atoms with Gasteiger partial charge in [0.15, 0.2) is 5.78 Å². The van der Waals surface area contributed by atoms with E-state index in [1.54, 1.807) is 13.1 Å². The first-order valence-electron chi connectivity index (χ1n) is 9.50. The average Bonchev–Trinajstić information content (AvgIpc) is 2.70. The first kappa shape index (κ1) is 19.1. The van der Waals surface area contributed by atoms with Crippen molar-refractivity contribution in [2.75, 3.05) is 19.0 Å². The van der Waals surface area contributed by atoms with Gasteiger partial charge in [0, 0.05) is 23.6 Å². The Bertz CT molecular complexity index is 845. The van der Waals surface area contributed by atoms with Gasteiger partial charge in [-0.2, -0.15) is 0 Å². The van der Waals surface area contributed by atoms with Crippen molar-refractivity contribution in [2.24, 2.45) is 5.41 Å². The smallest absolute Gasteiger partial charge is 0.306 e. The Hall–Kier alpha value is -2.69. The Morgan fingerprint density at radius 3 is 2.70 bits per heavy atom. The van der Waals surface area contributed by atoms with Crippen LogP contribution in [0.4, 0.5) is 5.69 Å². The van der Waals surface area contributed by atoms with E-state index < -0.39 is 5.41 Å². The molecule has 1 atom stereocenters. The summed E-state index contributed by atoms with van der Waals surface area (Å²) in [6, 6.07) is 9.83. The highest BCUT2D eigenvalue weighted by Crippen LogP contribution is 2.42. The van der Waals surface area contributed by atoms with E-state index in [0.29, 0.717) is 19.4 Å². The molecule has 0 radical (unpaired) electrons. The van der Waals surface area contributed by atoms with Crippen LogP contribution in [0.3, 0.4) is 0 Å². The summed E-state index contributed by atoms with van der Waals surface area (Å²) in [6.07, 6.45) is 4.03.